The molecule has 2 amide bonds. The summed E-state index contributed by atoms with van der Waals surface area (Å²) >= 11 is 15.8. The molecule has 42 heavy (non-hydrogen) atoms. The molecular formula is C34H36BrCl2N3O2. The highest BCUT2D eigenvalue weighted by Gasteiger charge is 2.48. The summed E-state index contributed by atoms with van der Waals surface area (Å²) in [4.78, 5) is 33.6. The van der Waals surface area contributed by atoms with Crippen molar-refractivity contribution in [2.45, 2.75) is 38.1 Å². The van der Waals surface area contributed by atoms with E-state index >= 15 is 0 Å². The minimum Gasteiger partial charge on any atom is -0.341 e. The molecule has 3 saturated heterocycles. The van der Waals surface area contributed by atoms with E-state index < -0.39 is 0 Å². The number of likely N-dealkylation sites (tertiary alicyclic amines) is 3. The van der Waals surface area contributed by atoms with Crippen LogP contribution < -0.4 is 0 Å². The molecule has 1 spiro atoms. The zero-order valence-electron chi connectivity index (χ0n) is 23.7. The summed E-state index contributed by atoms with van der Waals surface area (Å²) in [6, 6.07) is 24.3. The van der Waals surface area contributed by atoms with Crippen molar-refractivity contribution in [2.24, 2.45) is 11.3 Å². The minimum atomic E-state index is -0.220. The van der Waals surface area contributed by atoms with Crippen LogP contribution in [-0.4, -0.2) is 65.8 Å². The zero-order valence-corrected chi connectivity index (χ0v) is 26.8. The molecule has 0 bridgehead atoms. The lowest BCUT2D eigenvalue weighted by molar-refractivity contribution is -0.139. The number of hydrogen-bond acceptors (Lipinski definition) is 3. The van der Waals surface area contributed by atoms with E-state index in [1.54, 1.807) is 12.1 Å². The van der Waals surface area contributed by atoms with Gasteiger partial charge in [-0.25, -0.2) is 0 Å². The van der Waals surface area contributed by atoms with Crippen LogP contribution in [0.4, 0.5) is 0 Å². The minimum absolute atomic E-state index is 0.122. The molecule has 3 aromatic carbocycles. The Kier molecular flexibility index (Phi) is 8.97. The average Bonchev–Trinajstić information content (AvgIpc) is 3.55. The molecule has 0 N–H and O–H groups in total. The van der Waals surface area contributed by atoms with E-state index in [9.17, 15) is 9.59 Å². The van der Waals surface area contributed by atoms with E-state index in [0.717, 1.165) is 68.6 Å². The van der Waals surface area contributed by atoms with Gasteiger partial charge in [0.25, 0.3) is 0 Å². The quantitative estimate of drug-likeness (QED) is 0.271. The van der Waals surface area contributed by atoms with Crippen LogP contribution in [0.5, 0.6) is 0 Å². The van der Waals surface area contributed by atoms with Crippen molar-refractivity contribution in [2.75, 3.05) is 39.3 Å². The van der Waals surface area contributed by atoms with Gasteiger partial charge in [-0.05, 0) is 79.2 Å². The van der Waals surface area contributed by atoms with Gasteiger partial charge in [0, 0.05) is 43.1 Å². The molecular weight excluding hydrogens is 633 g/mol. The fraction of sp³-hybridized carbons (Fsp3) is 0.412. The summed E-state index contributed by atoms with van der Waals surface area (Å²) in [5.74, 6) is 1.07. The number of carbonyl (C=O) groups is 2. The lowest BCUT2D eigenvalue weighted by atomic mass is 9.76. The predicted molar refractivity (Wildman–Crippen MR) is 172 cm³/mol. The number of piperidine rings is 1. The van der Waals surface area contributed by atoms with Crippen LogP contribution in [0.25, 0.3) is 0 Å². The van der Waals surface area contributed by atoms with Gasteiger partial charge in [-0.15, -0.1) is 0 Å². The maximum absolute atomic E-state index is 13.6. The first-order chi connectivity index (χ1) is 20.3. The molecule has 0 saturated carbocycles. The van der Waals surface area contributed by atoms with E-state index in [2.05, 4.69) is 62.1 Å². The van der Waals surface area contributed by atoms with Crippen LogP contribution in [0.1, 0.15) is 41.9 Å². The summed E-state index contributed by atoms with van der Waals surface area (Å²) in [6.07, 6.45) is 3.08. The molecule has 220 valence electrons. The van der Waals surface area contributed by atoms with Crippen molar-refractivity contribution >= 4 is 50.9 Å². The van der Waals surface area contributed by atoms with Gasteiger partial charge in [-0.3, -0.25) is 9.59 Å². The van der Waals surface area contributed by atoms with Gasteiger partial charge < -0.3 is 14.7 Å². The van der Waals surface area contributed by atoms with Gasteiger partial charge in [0.1, 0.15) is 0 Å². The fourth-order valence-corrected chi connectivity index (χ4v) is 7.67. The van der Waals surface area contributed by atoms with Crippen molar-refractivity contribution in [1.82, 2.24) is 14.7 Å². The molecule has 6 rings (SSSR count). The first-order valence-corrected chi connectivity index (χ1v) is 16.4. The van der Waals surface area contributed by atoms with Gasteiger partial charge in [0.2, 0.25) is 11.8 Å². The molecule has 0 aromatic heterocycles. The summed E-state index contributed by atoms with van der Waals surface area (Å²) in [7, 11) is 0. The average molecular weight is 669 g/mol. The number of amides is 2. The van der Waals surface area contributed by atoms with E-state index in [1.807, 2.05) is 29.2 Å². The number of nitrogens with zero attached hydrogens (tertiary/aromatic N) is 3. The smallest absolute Gasteiger partial charge is 0.229 e. The third-order valence-electron chi connectivity index (χ3n) is 9.55. The number of benzene rings is 3. The Bertz CT molecular complexity index is 1430. The Labute approximate surface area is 266 Å². The maximum atomic E-state index is 13.6. The zero-order chi connectivity index (χ0) is 29.3. The van der Waals surface area contributed by atoms with Crippen LogP contribution in [0, 0.1) is 11.3 Å². The largest absolute Gasteiger partial charge is 0.341 e. The number of hydrogen-bond donors (Lipinski definition) is 0. The predicted octanol–water partition coefficient (Wildman–Crippen LogP) is 7.06. The SMILES string of the molecule is O=C(Cc1ccc(Cl)c(Cl)c1)N1C[C@H](CN2CCC3(CC2)CCN(Cc2ccc(Br)cc2)C3=O)[C@@H](c2ccccc2)C1. The van der Waals surface area contributed by atoms with E-state index in [0.29, 0.717) is 34.8 Å². The summed E-state index contributed by atoms with van der Waals surface area (Å²) < 4.78 is 1.05. The Morgan fingerprint density at radius 2 is 1.55 bits per heavy atom. The molecule has 0 aliphatic carbocycles. The Balaban J connectivity index is 1.08. The molecule has 3 heterocycles. The van der Waals surface area contributed by atoms with Crippen LogP contribution >= 0.6 is 39.1 Å². The molecule has 5 nitrogen and oxygen atoms in total. The van der Waals surface area contributed by atoms with E-state index in [4.69, 9.17) is 23.2 Å². The Hall–Kier alpha value is -2.38. The number of halogens is 3. The molecule has 0 radical (unpaired) electrons. The second-order valence-electron chi connectivity index (χ2n) is 12.2. The molecule has 3 aliphatic heterocycles. The lowest BCUT2D eigenvalue weighted by Gasteiger charge is -2.39. The van der Waals surface area contributed by atoms with Gasteiger partial charge in [-0.2, -0.15) is 0 Å². The van der Waals surface area contributed by atoms with Gasteiger partial charge in [0.15, 0.2) is 0 Å². The molecule has 3 aromatic rings. The first kappa shape index (κ1) is 29.7. The van der Waals surface area contributed by atoms with Crippen molar-refractivity contribution < 1.29 is 9.59 Å². The van der Waals surface area contributed by atoms with Crippen molar-refractivity contribution in [3.63, 3.8) is 0 Å². The fourth-order valence-electron chi connectivity index (χ4n) is 7.09. The highest BCUT2D eigenvalue weighted by Crippen LogP contribution is 2.43. The maximum Gasteiger partial charge on any atom is 0.229 e. The Morgan fingerprint density at radius 1 is 0.857 bits per heavy atom. The van der Waals surface area contributed by atoms with Gasteiger partial charge >= 0.3 is 0 Å². The van der Waals surface area contributed by atoms with Crippen molar-refractivity contribution in [1.29, 1.82) is 0 Å². The van der Waals surface area contributed by atoms with Gasteiger partial charge in [-0.1, -0.05) is 87.7 Å². The van der Waals surface area contributed by atoms with Crippen LogP contribution in [0.3, 0.4) is 0 Å². The van der Waals surface area contributed by atoms with Crippen LogP contribution in [0.15, 0.2) is 77.3 Å². The first-order valence-electron chi connectivity index (χ1n) is 14.8. The summed E-state index contributed by atoms with van der Waals surface area (Å²) in [5, 5.41) is 0.974. The van der Waals surface area contributed by atoms with Crippen LogP contribution in [0.2, 0.25) is 10.0 Å². The molecule has 8 heteroatoms. The second kappa shape index (κ2) is 12.7. The lowest BCUT2D eigenvalue weighted by Crippen LogP contribution is -2.46. The summed E-state index contributed by atoms with van der Waals surface area (Å²) in [5.41, 5.74) is 3.12. The van der Waals surface area contributed by atoms with Crippen molar-refractivity contribution in [3.05, 3.63) is 104 Å². The van der Waals surface area contributed by atoms with E-state index in [1.165, 1.54) is 11.1 Å². The summed E-state index contributed by atoms with van der Waals surface area (Å²) in [6.45, 7) is 5.76. The molecule has 2 atom stereocenters. The standard InChI is InChI=1S/C34H36BrCl2N3O2/c35-28-9-6-24(7-10-28)20-39-17-14-34(33(39)42)12-15-38(16-13-34)21-27-22-40(23-29(27)26-4-2-1-3-5-26)32(41)19-25-8-11-30(36)31(37)18-25/h1-11,18,27,29H,12-17,19-23H2/t27-,29+/m0/s1. The van der Waals surface area contributed by atoms with E-state index in [-0.39, 0.29) is 17.2 Å². The molecule has 0 unspecified atom stereocenters. The number of carbonyl (C=O) groups excluding carboxylic acids is 2. The highest BCUT2D eigenvalue weighted by atomic mass is 79.9. The normalized spacial score (nSPS) is 22.3. The topological polar surface area (TPSA) is 43.9 Å². The molecule has 3 aliphatic rings. The second-order valence-corrected chi connectivity index (χ2v) is 13.9. The van der Waals surface area contributed by atoms with Crippen molar-refractivity contribution in [3.8, 4) is 0 Å². The third kappa shape index (κ3) is 6.42. The van der Waals surface area contributed by atoms with Gasteiger partial charge in [0.05, 0.1) is 21.9 Å². The molecule has 3 fully saturated rings. The Morgan fingerprint density at radius 3 is 2.26 bits per heavy atom. The van der Waals surface area contributed by atoms with Crippen LogP contribution in [-0.2, 0) is 22.6 Å². The highest BCUT2D eigenvalue weighted by molar-refractivity contribution is 9.10. The number of rotatable bonds is 7. The third-order valence-corrected chi connectivity index (χ3v) is 10.8. The monoisotopic (exact) mass is 667 g/mol.